The molecule has 1 aliphatic heterocycles. The first-order valence-electron chi connectivity index (χ1n) is 7.37. The lowest BCUT2D eigenvalue weighted by Crippen LogP contribution is -2.50. The van der Waals surface area contributed by atoms with Crippen molar-refractivity contribution in [1.29, 1.82) is 0 Å². The van der Waals surface area contributed by atoms with Crippen molar-refractivity contribution in [2.75, 3.05) is 7.05 Å². The Morgan fingerprint density at radius 1 is 1.20 bits per heavy atom. The van der Waals surface area contributed by atoms with E-state index < -0.39 is 0 Å². The Bertz CT molecular complexity index is 652. The molecule has 2 heterocycles. The van der Waals surface area contributed by atoms with Crippen LogP contribution in [0.5, 0.6) is 0 Å². The van der Waals surface area contributed by atoms with Gasteiger partial charge in [0.05, 0.1) is 11.2 Å². The maximum absolute atomic E-state index is 4.54. The summed E-state index contributed by atoms with van der Waals surface area (Å²) < 4.78 is 0. The van der Waals surface area contributed by atoms with Gasteiger partial charge in [0.15, 0.2) is 0 Å². The van der Waals surface area contributed by atoms with Gasteiger partial charge >= 0.3 is 0 Å². The second-order valence-electron chi connectivity index (χ2n) is 6.07. The van der Waals surface area contributed by atoms with Crippen molar-refractivity contribution >= 4 is 0 Å². The number of nitrogens with zero attached hydrogens (tertiary/aromatic N) is 3. The van der Waals surface area contributed by atoms with Crippen LogP contribution in [0.1, 0.15) is 35.2 Å². The van der Waals surface area contributed by atoms with Gasteiger partial charge in [0.1, 0.15) is 6.33 Å². The van der Waals surface area contributed by atoms with Gasteiger partial charge in [-0.15, -0.1) is 0 Å². The van der Waals surface area contributed by atoms with Crippen molar-refractivity contribution in [1.82, 2.24) is 14.9 Å². The van der Waals surface area contributed by atoms with Gasteiger partial charge in [-0.2, -0.15) is 0 Å². The maximum atomic E-state index is 4.54. The topological polar surface area (TPSA) is 29.0 Å². The van der Waals surface area contributed by atoms with E-state index in [1.54, 1.807) is 6.33 Å². The third-order valence-electron chi connectivity index (χ3n) is 5.03. The molecule has 1 aromatic heterocycles. The molecule has 0 amide bonds. The number of aromatic nitrogens is 2. The Kier molecular flexibility index (Phi) is 2.64. The molecule has 1 spiro atoms. The van der Waals surface area contributed by atoms with Crippen LogP contribution < -0.4 is 0 Å². The molecular weight excluding hydrogens is 246 g/mol. The Hall–Kier alpha value is -1.74. The molecule has 0 bridgehead atoms. The van der Waals surface area contributed by atoms with Crippen LogP contribution in [0.25, 0.3) is 0 Å². The number of fused-ring (bicyclic) bond motifs is 3. The summed E-state index contributed by atoms with van der Waals surface area (Å²) >= 11 is 0. The summed E-state index contributed by atoms with van der Waals surface area (Å²) in [6.45, 7) is 0.949. The number of hydrogen-bond acceptors (Lipinski definition) is 3. The Balaban J connectivity index is 1.86. The lowest BCUT2D eigenvalue weighted by Gasteiger charge is -2.49. The van der Waals surface area contributed by atoms with Crippen LogP contribution in [0.4, 0.5) is 0 Å². The molecule has 1 atom stereocenters. The first-order valence-corrected chi connectivity index (χ1v) is 7.37. The van der Waals surface area contributed by atoms with Gasteiger partial charge in [-0.3, -0.25) is 4.90 Å². The Labute approximate surface area is 119 Å². The van der Waals surface area contributed by atoms with Crippen LogP contribution >= 0.6 is 0 Å². The van der Waals surface area contributed by atoms with Crippen LogP contribution in [0, 0.1) is 0 Å². The molecule has 0 radical (unpaired) electrons. The van der Waals surface area contributed by atoms with Crippen molar-refractivity contribution in [2.24, 2.45) is 0 Å². The van der Waals surface area contributed by atoms with E-state index in [0.717, 1.165) is 13.0 Å². The minimum absolute atomic E-state index is 0.135. The number of aryl methyl sites for hydroxylation is 1. The number of hydrogen-bond donors (Lipinski definition) is 0. The number of rotatable bonds is 0. The molecule has 0 fully saturated rings. The van der Waals surface area contributed by atoms with Gasteiger partial charge in [0, 0.05) is 24.7 Å². The van der Waals surface area contributed by atoms with E-state index in [4.69, 9.17) is 0 Å². The highest BCUT2D eigenvalue weighted by Gasteiger charge is 2.43. The summed E-state index contributed by atoms with van der Waals surface area (Å²) in [6.07, 6.45) is 8.37. The molecule has 2 aliphatic rings. The second-order valence-corrected chi connectivity index (χ2v) is 6.07. The zero-order valence-electron chi connectivity index (χ0n) is 11.8. The molecule has 1 aromatic carbocycles. The molecule has 0 saturated heterocycles. The molecular formula is C17H19N3. The van der Waals surface area contributed by atoms with Crippen molar-refractivity contribution in [2.45, 2.75) is 37.8 Å². The molecule has 4 rings (SSSR count). The van der Waals surface area contributed by atoms with Crippen LogP contribution in [0.15, 0.2) is 36.8 Å². The normalized spacial score (nSPS) is 25.2. The van der Waals surface area contributed by atoms with Crippen LogP contribution in [0.2, 0.25) is 0 Å². The van der Waals surface area contributed by atoms with E-state index >= 15 is 0 Å². The summed E-state index contributed by atoms with van der Waals surface area (Å²) in [5.74, 6) is 0. The standard InChI is InChI=1S/C17H19N3/c1-20-11-14-10-18-12-19-16(14)9-17(20)8-4-6-13-5-2-3-7-15(13)17/h2-3,5,7,10,12H,4,6,8-9,11H2,1H3. The van der Waals surface area contributed by atoms with Gasteiger partial charge in [-0.25, -0.2) is 9.97 Å². The molecule has 102 valence electrons. The summed E-state index contributed by atoms with van der Waals surface area (Å²) in [5, 5.41) is 0. The molecule has 3 heteroatoms. The summed E-state index contributed by atoms with van der Waals surface area (Å²) in [4.78, 5) is 11.2. The minimum atomic E-state index is 0.135. The smallest absolute Gasteiger partial charge is 0.115 e. The van der Waals surface area contributed by atoms with E-state index in [1.165, 1.54) is 41.6 Å². The van der Waals surface area contributed by atoms with Crippen molar-refractivity contribution in [3.8, 4) is 0 Å². The van der Waals surface area contributed by atoms with Gasteiger partial charge in [-0.1, -0.05) is 24.3 Å². The minimum Gasteiger partial charge on any atom is -0.292 e. The first kappa shape index (κ1) is 12.0. The lowest BCUT2D eigenvalue weighted by molar-refractivity contribution is 0.0728. The van der Waals surface area contributed by atoms with E-state index in [2.05, 4.69) is 46.2 Å². The van der Waals surface area contributed by atoms with Gasteiger partial charge in [-0.05, 0) is 37.4 Å². The SMILES string of the molecule is CN1Cc2cncnc2CC12CCCc1ccccc12. The lowest BCUT2D eigenvalue weighted by atomic mass is 9.71. The van der Waals surface area contributed by atoms with Crippen LogP contribution in [-0.2, 0) is 24.9 Å². The third-order valence-corrected chi connectivity index (χ3v) is 5.03. The molecule has 3 nitrogen and oxygen atoms in total. The fraction of sp³-hybridized carbons (Fsp3) is 0.412. The highest BCUT2D eigenvalue weighted by molar-refractivity contribution is 5.39. The van der Waals surface area contributed by atoms with Gasteiger partial charge in [0.25, 0.3) is 0 Å². The van der Waals surface area contributed by atoms with E-state index in [9.17, 15) is 0 Å². The second kappa shape index (κ2) is 4.38. The fourth-order valence-electron chi connectivity index (χ4n) is 3.97. The summed E-state index contributed by atoms with van der Waals surface area (Å²) in [6, 6.07) is 8.95. The monoisotopic (exact) mass is 265 g/mol. The molecule has 1 unspecified atom stereocenters. The molecule has 1 aliphatic carbocycles. The summed E-state index contributed by atoms with van der Waals surface area (Å²) in [7, 11) is 2.25. The highest BCUT2D eigenvalue weighted by Crippen LogP contribution is 2.44. The van der Waals surface area contributed by atoms with Crippen LogP contribution in [-0.4, -0.2) is 21.9 Å². The first-order chi connectivity index (χ1) is 9.79. The predicted octanol–water partition coefficient (Wildman–Crippen LogP) is 2.70. The number of benzene rings is 1. The molecule has 0 saturated carbocycles. The highest BCUT2D eigenvalue weighted by atomic mass is 15.2. The Morgan fingerprint density at radius 2 is 2.10 bits per heavy atom. The predicted molar refractivity (Wildman–Crippen MR) is 78.3 cm³/mol. The van der Waals surface area contributed by atoms with Crippen molar-refractivity contribution < 1.29 is 0 Å². The average Bonchev–Trinajstić information content (AvgIpc) is 2.49. The zero-order chi connectivity index (χ0) is 13.6. The molecule has 20 heavy (non-hydrogen) atoms. The van der Waals surface area contributed by atoms with Gasteiger partial charge < -0.3 is 0 Å². The maximum Gasteiger partial charge on any atom is 0.115 e. The Morgan fingerprint density at radius 3 is 3.05 bits per heavy atom. The summed E-state index contributed by atoms with van der Waals surface area (Å²) in [5.41, 5.74) is 5.68. The average molecular weight is 265 g/mol. The van der Waals surface area contributed by atoms with Gasteiger partial charge in [0.2, 0.25) is 0 Å². The van der Waals surface area contributed by atoms with E-state index in [0.29, 0.717) is 0 Å². The quantitative estimate of drug-likeness (QED) is 0.733. The van der Waals surface area contributed by atoms with Crippen molar-refractivity contribution in [3.05, 3.63) is 59.2 Å². The van der Waals surface area contributed by atoms with E-state index in [-0.39, 0.29) is 5.54 Å². The fourth-order valence-corrected chi connectivity index (χ4v) is 3.97. The largest absolute Gasteiger partial charge is 0.292 e. The molecule has 2 aromatic rings. The third kappa shape index (κ3) is 1.63. The van der Waals surface area contributed by atoms with Crippen molar-refractivity contribution in [3.63, 3.8) is 0 Å². The molecule has 0 N–H and O–H groups in total. The van der Waals surface area contributed by atoms with Crippen LogP contribution in [0.3, 0.4) is 0 Å². The van der Waals surface area contributed by atoms with E-state index in [1.807, 2.05) is 6.20 Å². The number of likely N-dealkylation sites (N-methyl/N-ethyl adjacent to an activating group) is 1. The zero-order valence-corrected chi connectivity index (χ0v) is 11.8.